The zero-order valence-electron chi connectivity index (χ0n) is 15.1. The van der Waals surface area contributed by atoms with E-state index < -0.39 is 0 Å². The summed E-state index contributed by atoms with van der Waals surface area (Å²) >= 11 is 0. The van der Waals surface area contributed by atoms with Gasteiger partial charge in [0.1, 0.15) is 6.33 Å². The van der Waals surface area contributed by atoms with Crippen molar-refractivity contribution in [2.75, 3.05) is 39.9 Å². The molecule has 0 bridgehead atoms. The average Bonchev–Trinajstić information content (AvgIpc) is 2.89. The summed E-state index contributed by atoms with van der Waals surface area (Å²) in [7, 11) is 1.96. The lowest BCUT2D eigenvalue weighted by molar-refractivity contribution is -0.132. The van der Waals surface area contributed by atoms with Gasteiger partial charge in [-0.05, 0) is 31.2 Å². The van der Waals surface area contributed by atoms with Crippen LogP contribution in [-0.2, 0) is 22.5 Å². The van der Waals surface area contributed by atoms with Gasteiger partial charge in [-0.15, -0.1) is 0 Å². The summed E-state index contributed by atoms with van der Waals surface area (Å²) in [6.07, 6.45) is 7.68. The highest BCUT2D eigenvalue weighted by Gasteiger charge is 2.23. The van der Waals surface area contributed by atoms with E-state index in [-0.39, 0.29) is 11.8 Å². The largest absolute Gasteiger partial charge is 0.379 e. The molecule has 1 amide bonds. The minimum Gasteiger partial charge on any atom is -0.379 e. The van der Waals surface area contributed by atoms with Crippen LogP contribution in [0.5, 0.6) is 0 Å². The lowest BCUT2D eigenvalue weighted by Crippen LogP contribution is -2.42. The molecule has 1 fully saturated rings. The Bertz CT molecular complexity index is 683. The fraction of sp³-hybridized carbons (Fsp3) is 0.474. The summed E-state index contributed by atoms with van der Waals surface area (Å²) in [5, 5.41) is 0. The molecule has 0 spiro atoms. The number of rotatable bonds is 6. The van der Waals surface area contributed by atoms with Crippen molar-refractivity contribution in [2.24, 2.45) is 5.92 Å². The number of aromatic nitrogens is 3. The quantitative estimate of drug-likeness (QED) is 0.770. The molecular weight excluding hydrogens is 330 g/mol. The molecule has 2 aromatic rings. The molecule has 3 heterocycles. The van der Waals surface area contributed by atoms with E-state index in [2.05, 4.69) is 15.0 Å². The van der Waals surface area contributed by atoms with Crippen LogP contribution in [0, 0.1) is 5.92 Å². The lowest BCUT2D eigenvalue weighted by atomic mass is 10.0. The van der Waals surface area contributed by atoms with Crippen molar-refractivity contribution >= 4 is 5.91 Å². The van der Waals surface area contributed by atoms with Crippen LogP contribution in [0.25, 0.3) is 0 Å². The fourth-order valence-electron chi connectivity index (χ4n) is 3.16. The Kier molecular flexibility index (Phi) is 6.62. The molecule has 1 aliphatic heterocycles. The summed E-state index contributed by atoms with van der Waals surface area (Å²) < 4.78 is 5.70. The molecule has 0 N–H and O–H groups in total. The highest BCUT2D eigenvalue weighted by molar-refractivity contribution is 5.78. The second kappa shape index (κ2) is 9.35. The molecule has 0 radical (unpaired) electrons. The monoisotopic (exact) mass is 355 g/mol. The predicted octanol–water partition coefficient (Wildman–Crippen LogP) is 1.02. The summed E-state index contributed by atoms with van der Waals surface area (Å²) in [6, 6.07) is 5.85. The van der Waals surface area contributed by atoms with E-state index in [0.717, 1.165) is 17.7 Å². The first-order chi connectivity index (χ1) is 12.7. The maximum atomic E-state index is 12.7. The first-order valence-corrected chi connectivity index (χ1v) is 8.88. The van der Waals surface area contributed by atoms with Gasteiger partial charge in [0.25, 0.3) is 0 Å². The number of carbonyl (C=O) groups excluding carboxylic acids is 1. The maximum absolute atomic E-state index is 12.7. The molecule has 1 saturated heterocycles. The van der Waals surface area contributed by atoms with E-state index in [1.807, 2.05) is 41.2 Å². The average molecular weight is 355 g/mol. The number of carbonyl (C=O) groups is 1. The highest BCUT2D eigenvalue weighted by atomic mass is 16.5. The van der Waals surface area contributed by atoms with E-state index in [1.165, 1.54) is 0 Å². The van der Waals surface area contributed by atoms with Crippen molar-refractivity contribution in [3.8, 4) is 0 Å². The molecule has 3 rings (SSSR count). The van der Waals surface area contributed by atoms with Crippen molar-refractivity contribution in [2.45, 2.75) is 13.0 Å². The Hall–Kier alpha value is -2.38. The standard InChI is InChI=1S/C19H25N5O2/c1-23(11-16-3-2-5-20-10-16)13-19(25)24-7-8-26-14-17(12-24)9-18-4-6-21-15-22-18/h2-6,10,15,17H,7-9,11-14H2,1H3. The smallest absolute Gasteiger partial charge is 0.236 e. The molecule has 138 valence electrons. The van der Waals surface area contributed by atoms with Gasteiger partial charge in [-0.2, -0.15) is 0 Å². The Labute approximate surface area is 154 Å². The maximum Gasteiger partial charge on any atom is 0.236 e. The number of amides is 1. The van der Waals surface area contributed by atoms with Crippen LogP contribution in [0.15, 0.2) is 43.1 Å². The predicted molar refractivity (Wildman–Crippen MR) is 97.2 cm³/mol. The van der Waals surface area contributed by atoms with Gasteiger partial charge in [-0.25, -0.2) is 9.97 Å². The molecular formula is C19H25N5O2. The molecule has 0 aliphatic carbocycles. The second-order valence-electron chi connectivity index (χ2n) is 6.72. The topological polar surface area (TPSA) is 71.5 Å². The van der Waals surface area contributed by atoms with Gasteiger partial charge in [-0.3, -0.25) is 14.7 Å². The second-order valence-corrected chi connectivity index (χ2v) is 6.72. The van der Waals surface area contributed by atoms with E-state index in [1.54, 1.807) is 18.7 Å². The van der Waals surface area contributed by atoms with Gasteiger partial charge in [0.2, 0.25) is 5.91 Å². The van der Waals surface area contributed by atoms with Gasteiger partial charge in [0, 0.05) is 49.8 Å². The zero-order valence-corrected chi connectivity index (χ0v) is 15.1. The first-order valence-electron chi connectivity index (χ1n) is 8.88. The fourth-order valence-corrected chi connectivity index (χ4v) is 3.16. The number of pyridine rings is 1. The Morgan fingerprint density at radius 3 is 3.04 bits per heavy atom. The molecule has 1 unspecified atom stereocenters. The highest BCUT2D eigenvalue weighted by Crippen LogP contribution is 2.13. The molecule has 1 aliphatic rings. The molecule has 2 aromatic heterocycles. The van der Waals surface area contributed by atoms with Gasteiger partial charge in [0.05, 0.1) is 19.8 Å². The van der Waals surface area contributed by atoms with Crippen LogP contribution in [0.3, 0.4) is 0 Å². The first kappa shape index (κ1) is 18.4. The van der Waals surface area contributed by atoms with Gasteiger partial charge >= 0.3 is 0 Å². The normalized spacial score (nSPS) is 17.9. The summed E-state index contributed by atoms with van der Waals surface area (Å²) in [5.41, 5.74) is 2.08. The zero-order chi connectivity index (χ0) is 18.2. The Morgan fingerprint density at radius 2 is 2.27 bits per heavy atom. The van der Waals surface area contributed by atoms with Crippen LogP contribution in [0.4, 0.5) is 0 Å². The third-order valence-corrected chi connectivity index (χ3v) is 4.41. The van der Waals surface area contributed by atoms with Crippen molar-refractivity contribution in [1.29, 1.82) is 0 Å². The number of nitrogens with zero attached hydrogens (tertiary/aromatic N) is 5. The number of hydrogen-bond acceptors (Lipinski definition) is 6. The van der Waals surface area contributed by atoms with Crippen molar-refractivity contribution in [3.05, 3.63) is 54.4 Å². The van der Waals surface area contributed by atoms with Gasteiger partial charge < -0.3 is 9.64 Å². The SMILES string of the molecule is CN(CC(=O)N1CCOCC(Cc2ccncn2)C1)Cc1cccnc1. The van der Waals surface area contributed by atoms with E-state index in [0.29, 0.717) is 39.4 Å². The van der Waals surface area contributed by atoms with Gasteiger partial charge in [-0.1, -0.05) is 6.07 Å². The van der Waals surface area contributed by atoms with Crippen LogP contribution >= 0.6 is 0 Å². The van der Waals surface area contributed by atoms with Crippen molar-refractivity contribution < 1.29 is 9.53 Å². The van der Waals surface area contributed by atoms with E-state index in [4.69, 9.17) is 4.74 Å². The van der Waals surface area contributed by atoms with Crippen molar-refractivity contribution in [1.82, 2.24) is 24.8 Å². The summed E-state index contributed by atoms with van der Waals surface area (Å²) in [4.78, 5) is 29.0. The molecule has 0 saturated carbocycles. The Morgan fingerprint density at radius 1 is 1.35 bits per heavy atom. The van der Waals surface area contributed by atoms with Crippen LogP contribution in [0.2, 0.25) is 0 Å². The van der Waals surface area contributed by atoms with Crippen molar-refractivity contribution in [3.63, 3.8) is 0 Å². The summed E-state index contributed by atoms with van der Waals surface area (Å²) in [5.74, 6) is 0.384. The third kappa shape index (κ3) is 5.57. The van der Waals surface area contributed by atoms with E-state index in [9.17, 15) is 4.79 Å². The number of hydrogen-bond donors (Lipinski definition) is 0. The molecule has 1 atom stereocenters. The molecule has 26 heavy (non-hydrogen) atoms. The number of likely N-dealkylation sites (N-methyl/N-ethyl adjacent to an activating group) is 1. The Balaban J connectivity index is 1.53. The van der Waals surface area contributed by atoms with E-state index >= 15 is 0 Å². The minimum atomic E-state index is 0.134. The molecule has 0 aromatic carbocycles. The molecule has 7 nitrogen and oxygen atoms in total. The third-order valence-electron chi connectivity index (χ3n) is 4.41. The molecule has 7 heteroatoms. The van der Waals surface area contributed by atoms with Gasteiger partial charge in [0.15, 0.2) is 0 Å². The minimum absolute atomic E-state index is 0.134. The van der Waals surface area contributed by atoms with Crippen LogP contribution < -0.4 is 0 Å². The van der Waals surface area contributed by atoms with Crippen LogP contribution in [0.1, 0.15) is 11.3 Å². The lowest BCUT2D eigenvalue weighted by Gasteiger charge is -2.26. The number of ether oxygens (including phenoxy) is 1. The summed E-state index contributed by atoms with van der Waals surface area (Å²) in [6.45, 7) is 3.66. The van der Waals surface area contributed by atoms with Crippen LogP contribution in [-0.4, -0.2) is 70.6 Å².